The lowest BCUT2D eigenvalue weighted by atomic mass is 10.1. The molecule has 0 atom stereocenters. The average Bonchev–Trinajstić information content (AvgIpc) is 2.55. The first kappa shape index (κ1) is 21.1. The highest BCUT2D eigenvalue weighted by atomic mass is 16.4. The van der Waals surface area contributed by atoms with Crippen LogP contribution < -0.4 is 5.73 Å². The van der Waals surface area contributed by atoms with Gasteiger partial charge in [-0.25, -0.2) is 9.59 Å². The van der Waals surface area contributed by atoms with Gasteiger partial charge in [0.05, 0.1) is 11.1 Å². The lowest BCUT2D eigenvalue weighted by molar-refractivity contribution is 0.0696. The summed E-state index contributed by atoms with van der Waals surface area (Å²) >= 11 is 0. The Morgan fingerprint density at radius 3 is 1.70 bits per heavy atom. The van der Waals surface area contributed by atoms with E-state index in [1.54, 1.807) is 0 Å². The molecular formula is C18H29NO4. The van der Waals surface area contributed by atoms with Crippen LogP contribution in [0.25, 0.3) is 0 Å². The van der Waals surface area contributed by atoms with Crippen molar-refractivity contribution in [3.8, 4) is 0 Å². The van der Waals surface area contributed by atoms with Crippen molar-refractivity contribution in [1.82, 2.24) is 0 Å². The summed E-state index contributed by atoms with van der Waals surface area (Å²) in [5, 5.41) is 17.0. The van der Waals surface area contributed by atoms with Crippen LogP contribution in [0.5, 0.6) is 0 Å². The molecule has 1 aromatic rings. The van der Waals surface area contributed by atoms with Crippen molar-refractivity contribution in [1.29, 1.82) is 0 Å². The molecule has 0 fully saturated rings. The van der Waals surface area contributed by atoms with Crippen LogP contribution in [0.15, 0.2) is 24.3 Å². The number of rotatable bonds is 10. The highest BCUT2D eigenvalue weighted by Crippen LogP contribution is 2.07. The molecule has 5 nitrogen and oxygen atoms in total. The zero-order valence-electron chi connectivity index (χ0n) is 14.0. The molecule has 0 aliphatic carbocycles. The van der Waals surface area contributed by atoms with Crippen molar-refractivity contribution in [2.24, 2.45) is 5.73 Å². The van der Waals surface area contributed by atoms with E-state index in [1.807, 2.05) is 0 Å². The molecule has 0 aliphatic rings. The van der Waals surface area contributed by atoms with Crippen LogP contribution in [0.1, 0.15) is 79.0 Å². The molecule has 0 spiro atoms. The van der Waals surface area contributed by atoms with Crippen molar-refractivity contribution in [2.45, 2.75) is 58.3 Å². The summed E-state index contributed by atoms with van der Waals surface area (Å²) in [7, 11) is 0. The Bertz CT molecular complexity index is 423. The monoisotopic (exact) mass is 323 g/mol. The molecule has 0 saturated carbocycles. The van der Waals surface area contributed by atoms with Gasteiger partial charge >= 0.3 is 11.9 Å². The minimum atomic E-state index is -1.13. The molecule has 1 aromatic carbocycles. The Balaban J connectivity index is 0.000000423. The van der Waals surface area contributed by atoms with Crippen molar-refractivity contribution in [2.75, 3.05) is 6.54 Å². The van der Waals surface area contributed by atoms with Gasteiger partial charge < -0.3 is 15.9 Å². The molecule has 0 unspecified atom stereocenters. The maximum atomic E-state index is 10.4. The van der Waals surface area contributed by atoms with Gasteiger partial charge in [0.1, 0.15) is 0 Å². The van der Waals surface area contributed by atoms with Gasteiger partial charge in [0.25, 0.3) is 0 Å². The molecule has 0 heterocycles. The smallest absolute Gasteiger partial charge is 0.335 e. The lowest BCUT2D eigenvalue weighted by Gasteiger charge is -1.99. The molecule has 0 aliphatic heterocycles. The second-order valence-corrected chi connectivity index (χ2v) is 5.45. The minimum Gasteiger partial charge on any atom is -0.478 e. The molecule has 5 heteroatoms. The number of hydrogen-bond donors (Lipinski definition) is 3. The maximum absolute atomic E-state index is 10.4. The van der Waals surface area contributed by atoms with E-state index in [2.05, 4.69) is 6.92 Å². The van der Waals surface area contributed by atoms with E-state index in [-0.39, 0.29) is 11.1 Å². The Hall–Kier alpha value is -1.88. The third-order valence-corrected chi connectivity index (χ3v) is 3.41. The van der Waals surface area contributed by atoms with Crippen molar-refractivity contribution < 1.29 is 19.8 Å². The third kappa shape index (κ3) is 11.4. The maximum Gasteiger partial charge on any atom is 0.335 e. The van der Waals surface area contributed by atoms with Crippen LogP contribution in [0.2, 0.25) is 0 Å². The number of benzene rings is 1. The molecular weight excluding hydrogens is 294 g/mol. The van der Waals surface area contributed by atoms with Crippen LogP contribution in [0.4, 0.5) is 0 Å². The Morgan fingerprint density at radius 1 is 0.870 bits per heavy atom. The minimum absolute atomic E-state index is 0.0186. The summed E-state index contributed by atoms with van der Waals surface area (Å²) in [6.07, 6.45) is 11.0. The van der Waals surface area contributed by atoms with Gasteiger partial charge in [-0.15, -0.1) is 0 Å². The molecule has 23 heavy (non-hydrogen) atoms. The zero-order chi connectivity index (χ0) is 17.5. The largest absolute Gasteiger partial charge is 0.478 e. The second-order valence-electron chi connectivity index (χ2n) is 5.45. The van der Waals surface area contributed by atoms with E-state index in [1.165, 1.54) is 69.6 Å². The van der Waals surface area contributed by atoms with Gasteiger partial charge in [-0.05, 0) is 31.2 Å². The van der Waals surface area contributed by atoms with Crippen LogP contribution in [0, 0.1) is 0 Å². The summed E-state index contributed by atoms with van der Waals surface area (Å²) in [5.41, 5.74) is 5.35. The highest BCUT2D eigenvalue weighted by Gasteiger charge is 2.06. The normalized spacial score (nSPS) is 9.83. The summed E-state index contributed by atoms with van der Waals surface area (Å²) in [4.78, 5) is 20.8. The number of aromatic carboxylic acids is 2. The van der Waals surface area contributed by atoms with E-state index >= 15 is 0 Å². The number of carboxylic acids is 2. The first-order valence-electron chi connectivity index (χ1n) is 8.29. The van der Waals surface area contributed by atoms with Gasteiger partial charge in [-0.3, -0.25) is 0 Å². The molecule has 0 aromatic heterocycles. The fraction of sp³-hybridized carbons (Fsp3) is 0.556. The summed E-state index contributed by atoms with van der Waals surface area (Å²) < 4.78 is 0. The van der Waals surface area contributed by atoms with Gasteiger partial charge in [0.2, 0.25) is 0 Å². The molecule has 4 N–H and O–H groups in total. The van der Waals surface area contributed by atoms with Crippen molar-refractivity contribution in [3.63, 3.8) is 0 Å². The van der Waals surface area contributed by atoms with Crippen molar-refractivity contribution in [3.05, 3.63) is 35.4 Å². The van der Waals surface area contributed by atoms with Crippen LogP contribution in [-0.2, 0) is 0 Å². The number of hydrogen-bond acceptors (Lipinski definition) is 3. The van der Waals surface area contributed by atoms with E-state index < -0.39 is 11.9 Å². The van der Waals surface area contributed by atoms with Crippen LogP contribution in [0.3, 0.4) is 0 Å². The highest BCUT2D eigenvalue weighted by molar-refractivity contribution is 5.93. The summed E-state index contributed by atoms with van der Waals surface area (Å²) in [6.45, 7) is 3.13. The van der Waals surface area contributed by atoms with E-state index in [9.17, 15) is 9.59 Å². The van der Waals surface area contributed by atoms with Gasteiger partial charge in [0.15, 0.2) is 0 Å². The summed E-state index contributed by atoms with van der Waals surface area (Å²) in [6, 6.07) is 5.20. The third-order valence-electron chi connectivity index (χ3n) is 3.41. The van der Waals surface area contributed by atoms with Gasteiger partial charge in [0, 0.05) is 0 Å². The van der Waals surface area contributed by atoms with Crippen LogP contribution in [-0.4, -0.2) is 28.7 Å². The predicted molar refractivity (Wildman–Crippen MR) is 92.0 cm³/mol. The second kappa shape index (κ2) is 13.8. The number of unbranched alkanes of at least 4 members (excludes halogenated alkanes) is 7. The Kier molecular flexibility index (Phi) is 12.6. The zero-order valence-corrected chi connectivity index (χ0v) is 14.0. The standard InChI is InChI=1S/C10H23N.C8H6O4/c1-2-3-4-5-6-7-8-9-10-11;9-7(10)5-2-1-3-6(4-5)8(11)12/h2-11H2,1H3;1-4H,(H,9,10)(H,11,12). The van der Waals surface area contributed by atoms with E-state index in [0.29, 0.717) is 0 Å². The molecule has 0 radical (unpaired) electrons. The van der Waals surface area contributed by atoms with Gasteiger partial charge in [-0.2, -0.15) is 0 Å². The fourth-order valence-electron chi connectivity index (χ4n) is 2.06. The predicted octanol–water partition coefficient (Wildman–Crippen LogP) is 4.17. The molecule has 0 amide bonds. The quantitative estimate of drug-likeness (QED) is 0.561. The Labute approximate surface area is 138 Å². The SMILES string of the molecule is CCCCCCCCCCN.O=C(O)c1cccc(C(=O)O)c1. The first-order valence-corrected chi connectivity index (χ1v) is 8.29. The Morgan fingerprint density at radius 2 is 1.30 bits per heavy atom. The summed E-state index contributed by atoms with van der Waals surface area (Å²) in [5.74, 6) is -2.25. The molecule has 1 rings (SSSR count). The average molecular weight is 323 g/mol. The number of nitrogens with two attached hydrogens (primary N) is 1. The van der Waals surface area contributed by atoms with Crippen LogP contribution >= 0.6 is 0 Å². The lowest BCUT2D eigenvalue weighted by Crippen LogP contribution is -2.01. The van der Waals surface area contributed by atoms with Crippen molar-refractivity contribution >= 4 is 11.9 Å². The first-order chi connectivity index (χ1) is 11.0. The van der Waals surface area contributed by atoms with E-state index in [0.717, 1.165) is 12.6 Å². The number of carbonyl (C=O) groups is 2. The van der Waals surface area contributed by atoms with Gasteiger partial charge in [-0.1, -0.05) is 57.9 Å². The molecule has 0 bridgehead atoms. The van der Waals surface area contributed by atoms with E-state index in [4.69, 9.17) is 15.9 Å². The number of carboxylic acid groups (broad SMARTS) is 2. The molecule has 0 saturated heterocycles. The fourth-order valence-corrected chi connectivity index (χ4v) is 2.06. The molecule has 130 valence electrons. The topological polar surface area (TPSA) is 101 Å².